The highest BCUT2D eigenvalue weighted by Crippen LogP contribution is 2.30. The van der Waals surface area contributed by atoms with Crippen molar-refractivity contribution in [2.24, 2.45) is 11.7 Å². The molecule has 1 aliphatic heterocycles. The lowest BCUT2D eigenvalue weighted by atomic mass is 9.83. The average molecular weight is 238 g/mol. The molecule has 2 atom stereocenters. The smallest absolute Gasteiger partial charge is 0.325 e. The van der Waals surface area contributed by atoms with E-state index in [2.05, 4.69) is 0 Å². The van der Waals surface area contributed by atoms with Crippen LogP contribution in [0.5, 0.6) is 0 Å². The Labute approximate surface area is 103 Å². The van der Waals surface area contributed by atoms with Crippen molar-refractivity contribution in [1.29, 1.82) is 0 Å². The monoisotopic (exact) mass is 238 g/mol. The summed E-state index contributed by atoms with van der Waals surface area (Å²) in [6, 6.07) is 0. The van der Waals surface area contributed by atoms with Gasteiger partial charge in [-0.05, 0) is 6.42 Å². The first kappa shape index (κ1) is 14.0. The van der Waals surface area contributed by atoms with Gasteiger partial charge in [-0.3, -0.25) is 9.59 Å². The molecule has 1 aliphatic rings. The summed E-state index contributed by atoms with van der Waals surface area (Å²) in [6.07, 6.45) is 2.26. The first-order valence-electron chi connectivity index (χ1n) is 5.95. The summed E-state index contributed by atoms with van der Waals surface area (Å²) >= 11 is 0. The summed E-state index contributed by atoms with van der Waals surface area (Å²) in [6.45, 7) is 2.29. The Morgan fingerprint density at radius 3 is 2.71 bits per heavy atom. The zero-order valence-corrected chi connectivity index (χ0v) is 10.2. The second-order valence-electron chi connectivity index (χ2n) is 4.60. The largest absolute Gasteiger partial charge is 0.480 e. The topological polar surface area (TPSA) is 83.6 Å². The molecule has 0 aromatic carbocycles. The quantitative estimate of drug-likeness (QED) is 0.660. The Morgan fingerprint density at radius 2 is 2.24 bits per heavy atom. The molecule has 94 valence electrons. The summed E-state index contributed by atoms with van der Waals surface area (Å²) in [7, 11) is 5.42. The molecule has 1 heterocycles. The Balaban J connectivity index is 2.79. The van der Waals surface area contributed by atoms with Crippen LogP contribution in [0.25, 0.3) is 0 Å². The van der Waals surface area contributed by atoms with Crippen molar-refractivity contribution < 1.29 is 14.7 Å². The number of aliphatic carboxylic acids is 1. The van der Waals surface area contributed by atoms with Gasteiger partial charge >= 0.3 is 5.97 Å². The molecule has 1 amide bonds. The Morgan fingerprint density at radius 1 is 1.59 bits per heavy atom. The minimum absolute atomic E-state index is 0.0451. The number of nitrogens with two attached hydrogens (primary N) is 1. The third-order valence-electron chi connectivity index (χ3n) is 3.43. The van der Waals surface area contributed by atoms with Crippen molar-refractivity contribution in [2.45, 2.75) is 38.0 Å². The molecule has 1 rings (SSSR count). The number of hydrogen-bond acceptors (Lipinski definition) is 3. The molecule has 17 heavy (non-hydrogen) atoms. The van der Waals surface area contributed by atoms with E-state index >= 15 is 0 Å². The van der Waals surface area contributed by atoms with E-state index in [4.69, 9.17) is 13.6 Å². The highest BCUT2D eigenvalue weighted by atomic mass is 16.4. The fraction of sp³-hybridized carbons (Fsp3) is 0.818. The summed E-state index contributed by atoms with van der Waals surface area (Å²) in [4.78, 5) is 24.4. The lowest BCUT2D eigenvalue weighted by molar-refractivity contribution is -0.144. The lowest BCUT2D eigenvalue weighted by Gasteiger charge is -2.25. The summed E-state index contributed by atoms with van der Waals surface area (Å²) in [5, 5.41) is 9.22. The van der Waals surface area contributed by atoms with Gasteiger partial charge in [0.15, 0.2) is 0 Å². The molecule has 0 unspecified atom stereocenters. The van der Waals surface area contributed by atoms with Gasteiger partial charge in [-0.2, -0.15) is 0 Å². The van der Waals surface area contributed by atoms with Gasteiger partial charge in [-0.25, -0.2) is 0 Å². The van der Waals surface area contributed by atoms with Crippen LogP contribution in [0.3, 0.4) is 0 Å². The van der Waals surface area contributed by atoms with Gasteiger partial charge in [0.1, 0.15) is 5.54 Å². The van der Waals surface area contributed by atoms with E-state index < -0.39 is 11.5 Å². The summed E-state index contributed by atoms with van der Waals surface area (Å²) < 4.78 is 0. The number of rotatable bonds is 5. The minimum Gasteiger partial charge on any atom is -0.480 e. The molecule has 0 saturated carbocycles. The van der Waals surface area contributed by atoms with Gasteiger partial charge < -0.3 is 15.7 Å². The first-order valence-corrected chi connectivity index (χ1v) is 5.95. The van der Waals surface area contributed by atoms with Crippen molar-refractivity contribution in [3.8, 4) is 0 Å². The number of amides is 1. The van der Waals surface area contributed by atoms with Crippen molar-refractivity contribution in [3.05, 3.63) is 0 Å². The van der Waals surface area contributed by atoms with Crippen molar-refractivity contribution >= 4 is 19.7 Å². The third-order valence-corrected chi connectivity index (χ3v) is 3.43. The molecule has 5 nitrogen and oxygen atoms in total. The summed E-state index contributed by atoms with van der Waals surface area (Å²) in [5.74, 6) is -1.29. The molecule has 6 heteroatoms. The van der Waals surface area contributed by atoms with Crippen LogP contribution in [0.1, 0.15) is 26.2 Å². The fourth-order valence-electron chi connectivity index (χ4n) is 2.31. The number of carboxylic acid groups (broad SMARTS) is 1. The number of nitrogens with zero attached hydrogens (tertiary/aromatic N) is 1. The Bertz CT molecular complexity index is 311. The van der Waals surface area contributed by atoms with E-state index in [1.807, 2.05) is 0 Å². The minimum atomic E-state index is -1.32. The molecular formula is C11H19BN2O3. The highest BCUT2D eigenvalue weighted by molar-refractivity contribution is 6.08. The molecule has 1 saturated heterocycles. The molecule has 2 radical (unpaired) electrons. The lowest BCUT2D eigenvalue weighted by Crippen LogP contribution is -2.55. The van der Waals surface area contributed by atoms with Crippen LogP contribution in [0, 0.1) is 5.92 Å². The van der Waals surface area contributed by atoms with Crippen molar-refractivity contribution in [3.63, 3.8) is 0 Å². The van der Waals surface area contributed by atoms with E-state index in [1.54, 1.807) is 11.8 Å². The molecule has 0 aromatic heterocycles. The maximum absolute atomic E-state index is 11.6. The number of likely N-dealkylation sites (tertiary alicyclic amines) is 1. The number of carboxylic acids is 1. The maximum Gasteiger partial charge on any atom is 0.325 e. The van der Waals surface area contributed by atoms with E-state index in [1.165, 1.54) is 0 Å². The number of hydrogen-bond donors (Lipinski definition) is 2. The van der Waals surface area contributed by atoms with Gasteiger partial charge in [0.2, 0.25) is 5.91 Å². The Hall–Kier alpha value is -1.04. The molecule has 0 spiro atoms. The van der Waals surface area contributed by atoms with E-state index in [0.717, 1.165) is 6.42 Å². The van der Waals surface area contributed by atoms with Crippen molar-refractivity contribution in [1.82, 2.24) is 4.90 Å². The molecular weight excluding hydrogens is 219 g/mol. The van der Waals surface area contributed by atoms with Crippen LogP contribution < -0.4 is 5.73 Å². The average Bonchev–Trinajstić information content (AvgIpc) is 2.64. The zero-order valence-electron chi connectivity index (χ0n) is 10.2. The van der Waals surface area contributed by atoms with E-state index in [9.17, 15) is 14.7 Å². The van der Waals surface area contributed by atoms with Gasteiger partial charge in [-0.15, -0.1) is 0 Å². The number of carbonyl (C=O) groups excluding carboxylic acids is 1. The first-order chi connectivity index (χ1) is 7.95. The van der Waals surface area contributed by atoms with Crippen LogP contribution in [-0.2, 0) is 9.59 Å². The Kier molecular flexibility index (Phi) is 4.57. The van der Waals surface area contributed by atoms with Gasteiger partial charge in [0, 0.05) is 25.4 Å². The predicted molar refractivity (Wildman–Crippen MR) is 64.7 cm³/mol. The van der Waals surface area contributed by atoms with E-state index in [0.29, 0.717) is 25.7 Å². The highest BCUT2D eigenvalue weighted by Gasteiger charge is 2.50. The van der Waals surface area contributed by atoms with Crippen LogP contribution in [0.15, 0.2) is 0 Å². The molecule has 3 N–H and O–H groups in total. The zero-order chi connectivity index (χ0) is 13.1. The fourth-order valence-corrected chi connectivity index (χ4v) is 2.31. The standard InChI is InChI=1S/C11H19BN2O3/c1-2-9(15)14-6-8(4-3-5-12)11(13,7-14)10(16)17/h8H,2-7,13H2,1H3,(H,16,17)/t8-,11-/m0/s1. The van der Waals surface area contributed by atoms with Gasteiger partial charge in [0.25, 0.3) is 0 Å². The molecule has 0 bridgehead atoms. The van der Waals surface area contributed by atoms with E-state index in [-0.39, 0.29) is 18.4 Å². The van der Waals surface area contributed by atoms with Gasteiger partial charge in [-0.1, -0.05) is 19.7 Å². The molecule has 0 aliphatic carbocycles. The molecule has 1 fully saturated rings. The summed E-state index contributed by atoms with van der Waals surface area (Å²) in [5.41, 5.74) is 4.62. The maximum atomic E-state index is 11.6. The van der Waals surface area contributed by atoms with Crippen LogP contribution in [0.2, 0.25) is 6.32 Å². The number of carbonyl (C=O) groups is 2. The third kappa shape index (κ3) is 2.80. The second-order valence-corrected chi connectivity index (χ2v) is 4.60. The van der Waals surface area contributed by atoms with Crippen molar-refractivity contribution in [2.75, 3.05) is 13.1 Å². The predicted octanol–water partition coefficient (Wildman–Crippen LogP) is 0.00390. The van der Waals surface area contributed by atoms with Crippen LogP contribution in [-0.4, -0.2) is 48.4 Å². The normalized spacial score (nSPS) is 28.4. The second kappa shape index (κ2) is 5.53. The van der Waals surface area contributed by atoms with Crippen LogP contribution in [0.4, 0.5) is 0 Å². The van der Waals surface area contributed by atoms with Crippen LogP contribution >= 0.6 is 0 Å². The molecule has 0 aromatic rings. The SMILES string of the molecule is [B]CCC[C@H]1CN(C(=O)CC)C[C@@]1(N)C(=O)O. The van der Waals surface area contributed by atoms with Gasteiger partial charge in [0.05, 0.1) is 7.85 Å².